The molecule has 60 valence electrons. The Hall–Kier alpha value is -0.0638. The summed E-state index contributed by atoms with van der Waals surface area (Å²) in [6.45, 7) is 5.00. The standard InChI is InChI=1S/C4H9O.C3H4O2.Mg/c1-2-3-4-5;1-2-3(4)5;/h2-4H2,1H3;2H,1H2,(H,4,5);/q-1;;+2/p-1. The molecule has 0 aliphatic carbocycles. The summed E-state index contributed by atoms with van der Waals surface area (Å²) in [7, 11) is 0. The quantitative estimate of drug-likeness (QED) is 0.388. The Balaban J connectivity index is -0.000000107. The van der Waals surface area contributed by atoms with Crippen LogP contribution in [-0.2, 0) is 4.79 Å². The van der Waals surface area contributed by atoms with Crippen LogP contribution in [0.4, 0.5) is 0 Å². The number of rotatable bonds is 3. The van der Waals surface area contributed by atoms with Crippen LogP contribution in [0.2, 0.25) is 0 Å². The van der Waals surface area contributed by atoms with Gasteiger partial charge in [0.25, 0.3) is 0 Å². The predicted octanol–water partition coefficient (Wildman–Crippen LogP) is -1.31. The first-order chi connectivity index (χ1) is 4.68. The molecule has 0 aromatic carbocycles. The molecule has 0 fully saturated rings. The maximum atomic E-state index is 9.53. The number of hydrogen-bond acceptors (Lipinski definition) is 3. The van der Waals surface area contributed by atoms with Crippen LogP contribution in [0.15, 0.2) is 12.7 Å². The topological polar surface area (TPSA) is 63.2 Å². The molecule has 0 radical (unpaired) electrons. The molecule has 0 bridgehead atoms. The summed E-state index contributed by atoms with van der Waals surface area (Å²) in [5.74, 6) is -1.23. The molecule has 0 aromatic heterocycles. The molecule has 0 amide bonds. The molecular formula is C7H12MgO3. The Morgan fingerprint density at radius 3 is 2.00 bits per heavy atom. The molecule has 0 aliphatic rings. The summed E-state index contributed by atoms with van der Waals surface area (Å²) in [5, 5.41) is 18.7. The van der Waals surface area contributed by atoms with Gasteiger partial charge in [-0.25, -0.2) is 0 Å². The minimum absolute atomic E-state index is 0. The van der Waals surface area contributed by atoms with Gasteiger partial charge < -0.3 is 15.0 Å². The van der Waals surface area contributed by atoms with Crippen molar-refractivity contribution in [2.75, 3.05) is 6.61 Å². The van der Waals surface area contributed by atoms with Crippen LogP contribution < -0.4 is 10.2 Å². The maximum absolute atomic E-state index is 9.53. The van der Waals surface area contributed by atoms with E-state index in [-0.39, 0.29) is 29.7 Å². The number of hydrogen-bond donors (Lipinski definition) is 0. The third kappa shape index (κ3) is 40.4. The summed E-state index contributed by atoms with van der Waals surface area (Å²) in [5.41, 5.74) is 0. The Labute approximate surface area is 83.3 Å². The molecule has 0 saturated carbocycles. The zero-order valence-corrected chi connectivity index (χ0v) is 8.25. The van der Waals surface area contributed by atoms with E-state index in [1.807, 2.05) is 6.92 Å². The summed E-state index contributed by atoms with van der Waals surface area (Å²) < 4.78 is 0. The molecule has 0 aliphatic heterocycles. The van der Waals surface area contributed by atoms with E-state index in [2.05, 4.69) is 6.58 Å². The van der Waals surface area contributed by atoms with Gasteiger partial charge >= 0.3 is 23.1 Å². The molecule has 0 spiro atoms. The summed E-state index contributed by atoms with van der Waals surface area (Å²) in [4.78, 5) is 9.14. The summed E-state index contributed by atoms with van der Waals surface area (Å²) in [6, 6.07) is 0. The van der Waals surface area contributed by atoms with Crippen molar-refractivity contribution in [2.24, 2.45) is 0 Å². The number of unbranched alkanes of at least 4 members (excludes halogenated alkanes) is 1. The molecule has 0 aromatic rings. The molecule has 3 nitrogen and oxygen atoms in total. The first kappa shape index (κ1) is 17.1. The first-order valence-electron chi connectivity index (χ1n) is 3.10. The average Bonchev–Trinajstić information content (AvgIpc) is 1.91. The van der Waals surface area contributed by atoms with E-state index in [0.717, 1.165) is 18.9 Å². The molecule has 0 heterocycles. The van der Waals surface area contributed by atoms with E-state index in [0.29, 0.717) is 0 Å². The third-order valence-corrected chi connectivity index (χ3v) is 0.665. The minimum atomic E-state index is -1.23. The largest absolute Gasteiger partial charge is 2.00 e. The molecule has 0 rings (SSSR count). The smallest absolute Gasteiger partial charge is 0.854 e. The molecule has 0 unspecified atom stereocenters. The Morgan fingerprint density at radius 2 is 2.00 bits per heavy atom. The van der Waals surface area contributed by atoms with Crippen molar-refractivity contribution in [1.82, 2.24) is 0 Å². The number of carbonyl (C=O) groups is 1. The van der Waals surface area contributed by atoms with Gasteiger partial charge in [0.05, 0.1) is 5.97 Å². The van der Waals surface area contributed by atoms with Crippen molar-refractivity contribution in [2.45, 2.75) is 19.8 Å². The van der Waals surface area contributed by atoms with Crippen LogP contribution in [0, 0.1) is 0 Å². The van der Waals surface area contributed by atoms with Crippen molar-refractivity contribution in [3.8, 4) is 0 Å². The van der Waals surface area contributed by atoms with Gasteiger partial charge in [0.1, 0.15) is 0 Å². The van der Waals surface area contributed by atoms with E-state index in [1.54, 1.807) is 0 Å². The van der Waals surface area contributed by atoms with Gasteiger partial charge in [-0.15, -0.1) is 6.61 Å². The molecular weight excluding hydrogens is 156 g/mol. The van der Waals surface area contributed by atoms with Crippen molar-refractivity contribution < 1.29 is 15.0 Å². The first-order valence-corrected chi connectivity index (χ1v) is 3.10. The van der Waals surface area contributed by atoms with E-state index in [9.17, 15) is 5.11 Å². The second-order valence-electron chi connectivity index (χ2n) is 1.58. The zero-order valence-electron chi connectivity index (χ0n) is 6.84. The normalized spacial score (nSPS) is 6.73. The van der Waals surface area contributed by atoms with Gasteiger partial charge in [0.2, 0.25) is 0 Å². The van der Waals surface area contributed by atoms with Gasteiger partial charge in [0, 0.05) is 0 Å². The Kier molecular flexibility index (Phi) is 25.7. The number of carboxylic acid groups (broad SMARTS) is 1. The van der Waals surface area contributed by atoms with Crippen LogP contribution in [0.1, 0.15) is 19.8 Å². The summed E-state index contributed by atoms with van der Waals surface area (Å²) >= 11 is 0. The van der Waals surface area contributed by atoms with Crippen LogP contribution in [0.25, 0.3) is 0 Å². The fourth-order valence-electron chi connectivity index (χ4n) is 0.144. The van der Waals surface area contributed by atoms with Crippen LogP contribution in [0.5, 0.6) is 0 Å². The van der Waals surface area contributed by atoms with Gasteiger partial charge in [-0.1, -0.05) is 26.3 Å². The monoisotopic (exact) mass is 168 g/mol. The van der Waals surface area contributed by atoms with Gasteiger partial charge in [-0.2, -0.15) is 0 Å². The van der Waals surface area contributed by atoms with Gasteiger partial charge in [-0.05, 0) is 6.08 Å². The van der Waals surface area contributed by atoms with E-state index < -0.39 is 5.97 Å². The predicted molar refractivity (Wildman–Crippen MR) is 40.7 cm³/mol. The zero-order chi connectivity index (χ0) is 8.41. The maximum Gasteiger partial charge on any atom is 2.00 e. The summed E-state index contributed by atoms with van der Waals surface area (Å²) in [6.07, 6.45) is 2.59. The molecule has 4 heteroatoms. The average molecular weight is 168 g/mol. The fraction of sp³-hybridized carbons (Fsp3) is 0.571. The van der Waals surface area contributed by atoms with E-state index in [1.165, 1.54) is 0 Å². The minimum Gasteiger partial charge on any atom is -0.854 e. The van der Waals surface area contributed by atoms with Crippen LogP contribution >= 0.6 is 0 Å². The second kappa shape index (κ2) is 16.5. The Morgan fingerprint density at radius 1 is 1.64 bits per heavy atom. The van der Waals surface area contributed by atoms with E-state index in [4.69, 9.17) is 9.90 Å². The van der Waals surface area contributed by atoms with Crippen molar-refractivity contribution in [3.05, 3.63) is 12.7 Å². The van der Waals surface area contributed by atoms with E-state index >= 15 is 0 Å². The molecule has 0 N–H and O–H groups in total. The van der Waals surface area contributed by atoms with Crippen molar-refractivity contribution >= 4 is 29.0 Å². The second-order valence-corrected chi connectivity index (χ2v) is 1.58. The molecule has 0 atom stereocenters. The molecule has 0 saturated heterocycles. The van der Waals surface area contributed by atoms with Crippen molar-refractivity contribution in [1.29, 1.82) is 0 Å². The third-order valence-electron chi connectivity index (χ3n) is 0.665. The van der Waals surface area contributed by atoms with Crippen LogP contribution in [0.3, 0.4) is 0 Å². The van der Waals surface area contributed by atoms with Crippen LogP contribution in [-0.4, -0.2) is 35.6 Å². The van der Waals surface area contributed by atoms with Gasteiger partial charge in [0.15, 0.2) is 0 Å². The van der Waals surface area contributed by atoms with Crippen molar-refractivity contribution in [3.63, 3.8) is 0 Å². The number of carbonyl (C=O) groups excluding carboxylic acids is 1. The number of aliphatic carboxylic acids is 1. The fourth-order valence-corrected chi connectivity index (χ4v) is 0.144. The SMILES string of the molecule is C=CC(=O)[O-].CCCC[O-].[Mg+2]. The molecule has 11 heavy (non-hydrogen) atoms. The van der Waals surface area contributed by atoms with Gasteiger partial charge in [-0.3, -0.25) is 0 Å². The number of carboxylic acids is 1. The Bertz CT molecular complexity index is 91.7.